The number of nitriles is 1. The Morgan fingerprint density at radius 1 is 1.04 bits per heavy atom. The van der Waals surface area contributed by atoms with Gasteiger partial charge < -0.3 is 0 Å². The number of benzene rings is 2. The molecule has 2 aromatic rings. The second kappa shape index (κ2) is 6.75. The molecule has 124 valence electrons. The van der Waals surface area contributed by atoms with Crippen molar-refractivity contribution in [2.45, 2.75) is 9.79 Å². The van der Waals surface area contributed by atoms with E-state index in [1.807, 2.05) is 0 Å². The van der Waals surface area contributed by atoms with Crippen LogP contribution in [0.1, 0.15) is 5.56 Å². The maximum Gasteiger partial charge on any atom is 0.295 e. The Labute approximate surface area is 144 Å². The molecule has 24 heavy (non-hydrogen) atoms. The fraction of sp³-hybridized carbons (Fsp3) is 0. The first-order chi connectivity index (χ1) is 11.2. The quantitative estimate of drug-likeness (QED) is 0.641. The van der Waals surface area contributed by atoms with Gasteiger partial charge in [-0.05, 0) is 42.0 Å². The summed E-state index contributed by atoms with van der Waals surface area (Å²) in [6.07, 6.45) is 0.896. The average Bonchev–Trinajstić information content (AvgIpc) is 2.52. The number of hydrogen-bond acceptors (Lipinski definition) is 5. The zero-order valence-corrected chi connectivity index (χ0v) is 14.3. The average molecular weight is 384 g/mol. The van der Waals surface area contributed by atoms with Crippen LogP contribution < -0.4 is 0 Å². The summed E-state index contributed by atoms with van der Waals surface area (Å²) >= 11 is 5.71. The molecule has 0 bridgehead atoms. The van der Waals surface area contributed by atoms with Crippen LogP contribution in [0.15, 0.2) is 63.2 Å². The summed E-state index contributed by atoms with van der Waals surface area (Å²) in [6.45, 7) is 0. The number of nitrogens with zero attached hydrogens (tertiary/aromatic N) is 1. The normalized spacial score (nSPS) is 12.6. The van der Waals surface area contributed by atoms with Gasteiger partial charge in [-0.1, -0.05) is 29.8 Å². The molecule has 0 heterocycles. The lowest BCUT2D eigenvalue weighted by Gasteiger charge is -2.05. The minimum atomic E-state index is -4.57. The summed E-state index contributed by atoms with van der Waals surface area (Å²) in [7, 11) is -8.73. The molecule has 0 saturated heterocycles. The summed E-state index contributed by atoms with van der Waals surface area (Å²) in [6, 6.07) is 11.9. The van der Waals surface area contributed by atoms with Gasteiger partial charge in [-0.2, -0.15) is 13.7 Å². The van der Waals surface area contributed by atoms with Crippen molar-refractivity contribution in [3.63, 3.8) is 0 Å². The molecule has 0 aliphatic heterocycles. The van der Waals surface area contributed by atoms with E-state index in [1.54, 1.807) is 6.07 Å². The minimum Gasteiger partial charge on any atom is -0.282 e. The van der Waals surface area contributed by atoms with Gasteiger partial charge in [0.2, 0.25) is 9.84 Å². The number of sulfone groups is 1. The zero-order valence-electron chi connectivity index (χ0n) is 11.9. The Hall–Kier alpha value is -2.18. The van der Waals surface area contributed by atoms with E-state index in [-0.39, 0.29) is 10.5 Å². The zero-order chi connectivity index (χ0) is 18.0. The molecule has 2 rings (SSSR count). The number of halogens is 1. The Morgan fingerprint density at radius 2 is 1.62 bits per heavy atom. The molecule has 0 amide bonds. The van der Waals surface area contributed by atoms with Gasteiger partial charge in [0, 0.05) is 5.02 Å². The first kappa shape index (κ1) is 18.2. The molecule has 6 nitrogen and oxygen atoms in total. The Balaban J connectivity index is 2.64. The Kier molecular flexibility index (Phi) is 5.11. The van der Waals surface area contributed by atoms with Crippen molar-refractivity contribution in [1.82, 2.24) is 0 Å². The topological polar surface area (TPSA) is 112 Å². The van der Waals surface area contributed by atoms with E-state index in [9.17, 15) is 26.7 Å². The van der Waals surface area contributed by atoms with Crippen LogP contribution in [-0.2, 0) is 20.0 Å². The van der Waals surface area contributed by atoms with Crippen LogP contribution in [0, 0.1) is 11.3 Å². The van der Waals surface area contributed by atoms with Crippen molar-refractivity contribution in [2.24, 2.45) is 0 Å². The molecule has 1 N–H and O–H groups in total. The van der Waals surface area contributed by atoms with E-state index in [0.29, 0.717) is 5.02 Å². The lowest BCUT2D eigenvalue weighted by atomic mass is 10.2. The molecule has 0 fully saturated rings. The van der Waals surface area contributed by atoms with Crippen molar-refractivity contribution >= 4 is 37.6 Å². The van der Waals surface area contributed by atoms with Gasteiger partial charge in [-0.15, -0.1) is 0 Å². The SMILES string of the molecule is N#CC(=Cc1ccccc1S(=O)(=O)O)S(=O)(=O)c1ccc(Cl)cc1. The highest BCUT2D eigenvalue weighted by Gasteiger charge is 2.22. The van der Waals surface area contributed by atoms with E-state index in [1.165, 1.54) is 42.5 Å². The molecule has 0 radical (unpaired) electrons. The number of allylic oxidation sites excluding steroid dienone is 1. The number of hydrogen-bond donors (Lipinski definition) is 1. The van der Waals surface area contributed by atoms with Crippen LogP contribution in [0.25, 0.3) is 6.08 Å². The van der Waals surface area contributed by atoms with Crippen molar-refractivity contribution < 1.29 is 21.4 Å². The molecule has 0 unspecified atom stereocenters. The van der Waals surface area contributed by atoms with E-state index < -0.39 is 29.8 Å². The van der Waals surface area contributed by atoms with E-state index in [0.717, 1.165) is 12.1 Å². The molecule has 9 heteroatoms. The maximum atomic E-state index is 12.5. The predicted octanol–water partition coefficient (Wildman–Crippen LogP) is 2.93. The predicted molar refractivity (Wildman–Crippen MR) is 88.5 cm³/mol. The highest BCUT2D eigenvalue weighted by Crippen LogP contribution is 2.25. The highest BCUT2D eigenvalue weighted by atomic mass is 35.5. The van der Waals surface area contributed by atoms with Gasteiger partial charge in [-0.3, -0.25) is 4.55 Å². The third-order valence-corrected chi connectivity index (χ3v) is 5.87. The monoisotopic (exact) mass is 383 g/mol. The third-order valence-electron chi connectivity index (χ3n) is 3.01. The first-order valence-corrected chi connectivity index (χ1v) is 9.65. The second-order valence-corrected chi connectivity index (χ2v) is 8.34. The summed E-state index contributed by atoms with van der Waals surface area (Å²) in [5.41, 5.74) is -0.117. The van der Waals surface area contributed by atoms with Gasteiger partial charge in [0.15, 0.2) is 0 Å². The number of rotatable bonds is 4. The molecule has 0 aliphatic rings. The maximum absolute atomic E-state index is 12.5. The van der Waals surface area contributed by atoms with Gasteiger partial charge in [0.1, 0.15) is 15.9 Å². The van der Waals surface area contributed by atoms with Crippen molar-refractivity contribution in [1.29, 1.82) is 5.26 Å². The van der Waals surface area contributed by atoms with Gasteiger partial charge in [0.05, 0.1) is 4.90 Å². The molecule has 0 atom stereocenters. The highest BCUT2D eigenvalue weighted by molar-refractivity contribution is 7.95. The lowest BCUT2D eigenvalue weighted by Crippen LogP contribution is -2.05. The van der Waals surface area contributed by atoms with Crippen molar-refractivity contribution in [3.8, 4) is 6.07 Å². The largest absolute Gasteiger partial charge is 0.295 e. The van der Waals surface area contributed by atoms with Crippen molar-refractivity contribution in [2.75, 3.05) is 0 Å². The minimum absolute atomic E-state index is 0.117. The van der Waals surface area contributed by atoms with E-state index >= 15 is 0 Å². The van der Waals surface area contributed by atoms with Crippen LogP contribution in [0.3, 0.4) is 0 Å². The Morgan fingerprint density at radius 3 is 2.17 bits per heavy atom. The molecule has 0 aromatic heterocycles. The molecule has 2 aromatic carbocycles. The van der Waals surface area contributed by atoms with Crippen LogP contribution in [-0.4, -0.2) is 21.4 Å². The molecular weight excluding hydrogens is 374 g/mol. The lowest BCUT2D eigenvalue weighted by molar-refractivity contribution is 0.483. The molecule has 0 saturated carbocycles. The van der Waals surface area contributed by atoms with E-state index in [4.69, 9.17) is 11.6 Å². The molecule has 0 aliphatic carbocycles. The van der Waals surface area contributed by atoms with Gasteiger partial charge in [-0.25, -0.2) is 8.42 Å². The summed E-state index contributed by atoms with van der Waals surface area (Å²) in [5.74, 6) is 0. The molecule has 0 spiro atoms. The van der Waals surface area contributed by atoms with Gasteiger partial charge >= 0.3 is 0 Å². The smallest absolute Gasteiger partial charge is 0.282 e. The summed E-state index contributed by atoms with van der Waals surface area (Å²) in [5, 5.41) is 9.52. The standard InChI is InChI=1S/C15H10ClNO5S2/c16-12-5-7-13(8-6-12)23(18,19)14(10-17)9-11-3-1-2-4-15(11)24(20,21)22/h1-9H,(H,20,21,22). The van der Waals surface area contributed by atoms with Crippen LogP contribution in [0.5, 0.6) is 0 Å². The summed E-state index contributed by atoms with van der Waals surface area (Å²) < 4.78 is 56.9. The van der Waals surface area contributed by atoms with Crippen LogP contribution in [0.2, 0.25) is 5.02 Å². The molecular formula is C15H10ClNO5S2. The van der Waals surface area contributed by atoms with E-state index in [2.05, 4.69) is 0 Å². The Bertz CT molecular complexity index is 1050. The van der Waals surface area contributed by atoms with Crippen LogP contribution >= 0.6 is 11.6 Å². The second-order valence-electron chi connectivity index (χ2n) is 4.59. The fourth-order valence-electron chi connectivity index (χ4n) is 1.89. The van der Waals surface area contributed by atoms with Gasteiger partial charge in [0.25, 0.3) is 10.1 Å². The van der Waals surface area contributed by atoms with Crippen molar-refractivity contribution in [3.05, 3.63) is 64.0 Å². The van der Waals surface area contributed by atoms with Crippen LogP contribution in [0.4, 0.5) is 0 Å². The first-order valence-electron chi connectivity index (χ1n) is 6.35. The third kappa shape index (κ3) is 3.83. The fourth-order valence-corrected chi connectivity index (χ4v) is 3.84. The summed E-state index contributed by atoms with van der Waals surface area (Å²) in [4.78, 5) is -1.32.